The van der Waals surface area contributed by atoms with Crippen molar-refractivity contribution >= 4 is 5.78 Å². The Morgan fingerprint density at radius 1 is 1.25 bits per heavy atom. The fourth-order valence-electron chi connectivity index (χ4n) is 2.23. The van der Waals surface area contributed by atoms with Crippen molar-refractivity contribution in [2.24, 2.45) is 0 Å². The van der Waals surface area contributed by atoms with Gasteiger partial charge in [0.05, 0.1) is 12.0 Å². The van der Waals surface area contributed by atoms with E-state index in [1.165, 1.54) is 18.2 Å². The first kappa shape index (κ1) is 14.0. The molecular formula is C17H14FNO. The van der Waals surface area contributed by atoms with Crippen LogP contribution in [0.2, 0.25) is 0 Å². The Morgan fingerprint density at radius 2 is 1.95 bits per heavy atom. The molecule has 0 saturated heterocycles. The van der Waals surface area contributed by atoms with Gasteiger partial charge in [-0.15, -0.1) is 0 Å². The van der Waals surface area contributed by atoms with E-state index in [0.29, 0.717) is 11.1 Å². The van der Waals surface area contributed by atoms with E-state index < -0.39 is 5.92 Å². The number of aryl methyl sites for hydroxylation is 1. The second-order valence-corrected chi connectivity index (χ2v) is 4.65. The molecule has 100 valence electrons. The third-order valence-corrected chi connectivity index (χ3v) is 3.27. The van der Waals surface area contributed by atoms with Crippen LogP contribution in [0, 0.1) is 24.1 Å². The van der Waals surface area contributed by atoms with E-state index in [-0.39, 0.29) is 18.0 Å². The van der Waals surface area contributed by atoms with Crippen LogP contribution < -0.4 is 0 Å². The van der Waals surface area contributed by atoms with Crippen molar-refractivity contribution in [2.75, 3.05) is 0 Å². The summed E-state index contributed by atoms with van der Waals surface area (Å²) in [7, 11) is 0. The van der Waals surface area contributed by atoms with Crippen LogP contribution in [-0.4, -0.2) is 5.78 Å². The normalized spacial score (nSPS) is 11.7. The van der Waals surface area contributed by atoms with Crippen molar-refractivity contribution in [3.05, 3.63) is 71.0 Å². The van der Waals surface area contributed by atoms with Gasteiger partial charge >= 0.3 is 0 Å². The lowest BCUT2D eigenvalue weighted by atomic mass is 9.87. The first-order chi connectivity index (χ1) is 9.63. The molecule has 0 fully saturated rings. The number of halogens is 1. The van der Waals surface area contributed by atoms with E-state index in [9.17, 15) is 9.18 Å². The fraction of sp³-hybridized carbons (Fsp3) is 0.176. The van der Waals surface area contributed by atoms with E-state index in [0.717, 1.165) is 5.56 Å². The number of carbonyl (C=O) groups is 1. The molecule has 2 aromatic carbocycles. The molecule has 0 aromatic heterocycles. The van der Waals surface area contributed by atoms with Crippen molar-refractivity contribution in [1.82, 2.24) is 0 Å². The average Bonchev–Trinajstić information content (AvgIpc) is 2.45. The molecule has 0 radical (unpaired) electrons. The number of hydrogen-bond acceptors (Lipinski definition) is 2. The minimum absolute atomic E-state index is 0.111. The van der Waals surface area contributed by atoms with Gasteiger partial charge in [0.2, 0.25) is 0 Å². The zero-order valence-electron chi connectivity index (χ0n) is 11.1. The van der Waals surface area contributed by atoms with E-state index in [1.807, 2.05) is 30.3 Å². The Hall–Kier alpha value is -2.47. The Kier molecular flexibility index (Phi) is 4.27. The number of carbonyl (C=O) groups excluding carboxylic acids is 1. The third-order valence-electron chi connectivity index (χ3n) is 3.27. The van der Waals surface area contributed by atoms with Gasteiger partial charge in [0.25, 0.3) is 0 Å². The smallest absolute Gasteiger partial charge is 0.171 e. The van der Waals surface area contributed by atoms with Crippen LogP contribution in [0.25, 0.3) is 0 Å². The van der Waals surface area contributed by atoms with Gasteiger partial charge in [0, 0.05) is 12.0 Å². The van der Waals surface area contributed by atoms with E-state index in [2.05, 4.69) is 6.07 Å². The van der Waals surface area contributed by atoms with Gasteiger partial charge in [-0.2, -0.15) is 5.26 Å². The van der Waals surface area contributed by atoms with E-state index in [4.69, 9.17) is 5.26 Å². The Bertz CT molecular complexity index is 658. The van der Waals surface area contributed by atoms with Crippen molar-refractivity contribution in [2.45, 2.75) is 19.3 Å². The molecule has 2 rings (SSSR count). The molecule has 20 heavy (non-hydrogen) atoms. The maximum absolute atomic E-state index is 13.1. The van der Waals surface area contributed by atoms with Crippen LogP contribution in [0.4, 0.5) is 4.39 Å². The van der Waals surface area contributed by atoms with Crippen molar-refractivity contribution in [3.8, 4) is 6.07 Å². The number of hydrogen-bond donors (Lipinski definition) is 0. The lowest BCUT2D eigenvalue weighted by Gasteiger charge is -2.14. The average molecular weight is 267 g/mol. The molecule has 1 atom stereocenters. The van der Waals surface area contributed by atoms with E-state index >= 15 is 0 Å². The number of Topliss-reactive ketones (excluding diaryl/α,β-unsaturated/α-hetero) is 1. The minimum atomic E-state index is -0.509. The van der Waals surface area contributed by atoms with Crippen LogP contribution >= 0.6 is 0 Å². The molecule has 0 aliphatic carbocycles. The highest BCUT2D eigenvalue weighted by molar-refractivity contribution is 6.02. The number of nitriles is 1. The first-order valence-electron chi connectivity index (χ1n) is 6.35. The molecule has 0 aliphatic rings. The molecular weight excluding hydrogens is 253 g/mol. The molecule has 0 amide bonds. The maximum atomic E-state index is 13.1. The largest absolute Gasteiger partial charge is 0.293 e. The molecule has 0 N–H and O–H groups in total. The summed E-state index contributed by atoms with van der Waals surface area (Å²) < 4.78 is 13.1. The zero-order valence-corrected chi connectivity index (χ0v) is 11.1. The fourth-order valence-corrected chi connectivity index (χ4v) is 2.23. The summed E-state index contributed by atoms with van der Waals surface area (Å²) in [6.07, 6.45) is 0.111. The Morgan fingerprint density at radius 3 is 2.55 bits per heavy atom. The second kappa shape index (κ2) is 6.12. The topological polar surface area (TPSA) is 40.9 Å². The summed E-state index contributed by atoms with van der Waals surface area (Å²) in [5, 5.41) is 8.94. The molecule has 2 nitrogen and oxygen atoms in total. The number of nitrogens with zero attached hydrogens (tertiary/aromatic N) is 1. The number of benzene rings is 2. The van der Waals surface area contributed by atoms with Gasteiger partial charge in [0.1, 0.15) is 5.82 Å². The lowest BCUT2D eigenvalue weighted by molar-refractivity contribution is 0.0960. The van der Waals surface area contributed by atoms with Crippen LogP contribution in [0.5, 0.6) is 0 Å². The van der Waals surface area contributed by atoms with Crippen LogP contribution in [0.3, 0.4) is 0 Å². The van der Waals surface area contributed by atoms with Crippen LogP contribution in [0.15, 0.2) is 48.5 Å². The van der Waals surface area contributed by atoms with Gasteiger partial charge in [-0.05, 0) is 36.2 Å². The number of rotatable bonds is 4. The second-order valence-electron chi connectivity index (χ2n) is 4.65. The molecule has 0 aliphatic heterocycles. The number of ketones is 1. The highest BCUT2D eigenvalue weighted by atomic mass is 19.1. The SMILES string of the molecule is Cc1cc(F)ccc1C(=O)C(CC#N)c1ccccc1. The van der Waals surface area contributed by atoms with Crippen molar-refractivity contribution in [3.63, 3.8) is 0 Å². The monoisotopic (exact) mass is 267 g/mol. The molecule has 0 saturated carbocycles. The predicted molar refractivity (Wildman–Crippen MR) is 74.9 cm³/mol. The van der Waals surface area contributed by atoms with Crippen LogP contribution in [-0.2, 0) is 0 Å². The maximum Gasteiger partial charge on any atom is 0.171 e. The molecule has 3 heteroatoms. The first-order valence-corrected chi connectivity index (χ1v) is 6.35. The Balaban J connectivity index is 2.40. The van der Waals surface area contributed by atoms with Gasteiger partial charge in [-0.1, -0.05) is 30.3 Å². The highest BCUT2D eigenvalue weighted by Crippen LogP contribution is 2.25. The van der Waals surface area contributed by atoms with Crippen LogP contribution in [0.1, 0.15) is 33.8 Å². The molecule has 2 aromatic rings. The summed E-state index contributed by atoms with van der Waals surface area (Å²) in [6, 6.07) is 15.3. The molecule has 1 unspecified atom stereocenters. The van der Waals surface area contributed by atoms with Crippen molar-refractivity contribution < 1.29 is 9.18 Å². The van der Waals surface area contributed by atoms with Gasteiger partial charge in [0.15, 0.2) is 5.78 Å². The van der Waals surface area contributed by atoms with E-state index in [1.54, 1.807) is 6.92 Å². The summed E-state index contributed by atoms with van der Waals surface area (Å²) in [4.78, 5) is 12.6. The minimum Gasteiger partial charge on any atom is -0.293 e. The highest BCUT2D eigenvalue weighted by Gasteiger charge is 2.23. The Labute approximate surface area is 117 Å². The summed E-state index contributed by atoms with van der Waals surface area (Å²) in [5.74, 6) is -1.02. The van der Waals surface area contributed by atoms with Crippen molar-refractivity contribution in [1.29, 1.82) is 5.26 Å². The quantitative estimate of drug-likeness (QED) is 0.785. The van der Waals surface area contributed by atoms with Gasteiger partial charge in [-0.25, -0.2) is 4.39 Å². The van der Waals surface area contributed by atoms with Gasteiger partial charge < -0.3 is 0 Å². The molecule has 0 heterocycles. The standard InChI is InChI=1S/C17H14FNO/c1-12-11-14(18)7-8-15(12)17(20)16(9-10-19)13-5-3-2-4-6-13/h2-8,11,16H,9H2,1H3. The lowest BCUT2D eigenvalue weighted by Crippen LogP contribution is -2.14. The summed E-state index contributed by atoms with van der Waals surface area (Å²) in [6.45, 7) is 1.70. The predicted octanol–water partition coefficient (Wildman–Crippen LogP) is 4.01. The van der Waals surface area contributed by atoms with Gasteiger partial charge in [-0.3, -0.25) is 4.79 Å². The molecule has 0 spiro atoms. The summed E-state index contributed by atoms with van der Waals surface area (Å²) >= 11 is 0. The third kappa shape index (κ3) is 2.92. The summed E-state index contributed by atoms with van der Waals surface area (Å²) in [5.41, 5.74) is 1.87. The molecule has 0 bridgehead atoms. The zero-order chi connectivity index (χ0) is 14.5.